The van der Waals surface area contributed by atoms with Crippen LogP contribution in [0.3, 0.4) is 0 Å². The minimum Gasteiger partial charge on any atom is -0.483 e. The molecule has 0 radical (unpaired) electrons. The molecule has 3 heterocycles. The summed E-state index contributed by atoms with van der Waals surface area (Å²) in [5.74, 6) is -5.48. The third-order valence-corrected chi connectivity index (χ3v) is 7.21. The molecule has 0 saturated carbocycles. The first-order valence-corrected chi connectivity index (χ1v) is 12.5. The Bertz CT molecular complexity index is 1470. The molecule has 0 spiro atoms. The summed E-state index contributed by atoms with van der Waals surface area (Å²) in [5.41, 5.74) is -1.49. The maximum absolute atomic E-state index is 15.3. The maximum atomic E-state index is 15.3. The van der Waals surface area contributed by atoms with Crippen LogP contribution in [0.5, 0.6) is 5.75 Å². The number of hydrogen-bond donors (Lipinski definition) is 1. The monoisotopic (exact) mass is 543 g/mol. The lowest BCUT2D eigenvalue weighted by molar-refractivity contribution is 0.0572. The highest BCUT2D eigenvalue weighted by molar-refractivity contribution is 5.99. The summed E-state index contributed by atoms with van der Waals surface area (Å²) in [5, 5.41) is 2.26. The lowest BCUT2D eigenvalue weighted by Crippen LogP contribution is -2.49. The highest BCUT2D eigenvalue weighted by atomic mass is 19.1. The van der Waals surface area contributed by atoms with Crippen LogP contribution >= 0.6 is 0 Å². The number of aromatic nitrogens is 1. The summed E-state index contributed by atoms with van der Waals surface area (Å²) in [6.07, 6.45) is 0.325. The van der Waals surface area contributed by atoms with Crippen molar-refractivity contribution in [2.45, 2.75) is 51.2 Å². The molecule has 7 nitrogen and oxygen atoms in total. The fraction of sp³-hybridized carbons (Fsp3) is 0.321. The highest BCUT2D eigenvalue weighted by Crippen LogP contribution is 2.36. The van der Waals surface area contributed by atoms with Crippen molar-refractivity contribution >= 4 is 11.8 Å². The first-order chi connectivity index (χ1) is 18.7. The average molecular weight is 544 g/mol. The molecule has 3 atom stereocenters. The van der Waals surface area contributed by atoms with Crippen molar-refractivity contribution in [2.24, 2.45) is 0 Å². The van der Waals surface area contributed by atoms with Gasteiger partial charge >= 0.3 is 0 Å². The molecule has 11 heteroatoms. The Labute approximate surface area is 221 Å². The summed E-state index contributed by atoms with van der Waals surface area (Å²) >= 11 is 0. The number of rotatable bonds is 6. The van der Waals surface area contributed by atoms with Gasteiger partial charge in [-0.25, -0.2) is 17.6 Å². The third kappa shape index (κ3) is 5.00. The number of benzene rings is 2. The average Bonchev–Trinajstić information content (AvgIpc) is 3.03. The van der Waals surface area contributed by atoms with E-state index in [0.717, 1.165) is 6.20 Å². The fourth-order valence-corrected chi connectivity index (χ4v) is 5.03. The molecule has 3 unspecified atom stereocenters. The molecule has 2 amide bonds. The van der Waals surface area contributed by atoms with Gasteiger partial charge in [0.1, 0.15) is 35.8 Å². The number of carbonyl (C=O) groups is 2. The number of nitrogens with zero attached hydrogens (tertiary/aromatic N) is 2. The van der Waals surface area contributed by atoms with E-state index in [2.05, 4.69) is 5.32 Å². The molecule has 204 valence electrons. The van der Waals surface area contributed by atoms with Gasteiger partial charge in [0.05, 0.1) is 6.04 Å². The molecule has 1 N–H and O–H groups in total. The number of pyridine rings is 1. The van der Waals surface area contributed by atoms with Crippen molar-refractivity contribution in [2.75, 3.05) is 6.54 Å². The first kappa shape index (κ1) is 26.5. The second-order valence-corrected chi connectivity index (χ2v) is 9.73. The van der Waals surface area contributed by atoms with Crippen LogP contribution in [-0.2, 0) is 13.2 Å². The molecule has 1 aromatic heterocycles. The van der Waals surface area contributed by atoms with Crippen LogP contribution in [-0.4, -0.2) is 40.0 Å². The summed E-state index contributed by atoms with van der Waals surface area (Å²) in [6, 6.07) is 8.62. The predicted octanol–water partition coefficient (Wildman–Crippen LogP) is 4.29. The molecular formula is C28H25F4N3O4. The molecule has 1 saturated heterocycles. The number of amides is 2. The highest BCUT2D eigenvalue weighted by Gasteiger charge is 2.43. The Balaban J connectivity index is 1.56. The summed E-state index contributed by atoms with van der Waals surface area (Å²) in [6.45, 7) is 1.06. The van der Waals surface area contributed by atoms with E-state index in [1.165, 1.54) is 9.47 Å². The van der Waals surface area contributed by atoms with Crippen LogP contribution in [0.1, 0.15) is 57.8 Å². The Morgan fingerprint density at radius 2 is 1.77 bits per heavy atom. The van der Waals surface area contributed by atoms with Crippen molar-refractivity contribution in [1.29, 1.82) is 0 Å². The SMILES string of the molecule is CC1CCC(F)C2CN1C(=O)c1c(OCc3ccccc3)c(=O)c(C(=O)NCc3c(F)cc(F)cc3F)cn12. The van der Waals surface area contributed by atoms with E-state index in [9.17, 15) is 27.6 Å². The van der Waals surface area contributed by atoms with E-state index in [1.807, 2.05) is 0 Å². The summed E-state index contributed by atoms with van der Waals surface area (Å²) < 4.78 is 63.8. The number of halogens is 4. The minimum atomic E-state index is -1.37. The van der Waals surface area contributed by atoms with E-state index in [0.29, 0.717) is 24.1 Å². The molecule has 2 aliphatic rings. The van der Waals surface area contributed by atoms with Gasteiger partial charge in [-0.05, 0) is 25.3 Å². The van der Waals surface area contributed by atoms with Crippen molar-refractivity contribution in [3.05, 3.63) is 98.7 Å². The van der Waals surface area contributed by atoms with Gasteiger partial charge in [0.25, 0.3) is 11.8 Å². The molecule has 5 rings (SSSR count). The van der Waals surface area contributed by atoms with Crippen LogP contribution in [0.25, 0.3) is 0 Å². The fourth-order valence-electron chi connectivity index (χ4n) is 5.03. The molecular weight excluding hydrogens is 518 g/mol. The van der Waals surface area contributed by atoms with Gasteiger partial charge in [0.15, 0.2) is 11.4 Å². The van der Waals surface area contributed by atoms with Gasteiger partial charge in [-0.3, -0.25) is 14.4 Å². The standard InChI is InChI=1S/C28H25F4N3O4/c1-15-7-8-20(30)23-13-34(15)28(38)24-26(39-14-16-5-3-2-4-6-16)25(36)19(12-35(23)24)27(37)33-11-18-21(31)9-17(29)10-22(18)32/h2-6,9-10,12,15,20,23H,7-8,11,13-14H2,1H3,(H,33,37). The van der Waals surface area contributed by atoms with Gasteiger partial charge in [0.2, 0.25) is 5.43 Å². The zero-order valence-corrected chi connectivity index (χ0v) is 20.9. The zero-order valence-electron chi connectivity index (χ0n) is 20.9. The number of hydrogen-bond acceptors (Lipinski definition) is 4. The minimum absolute atomic E-state index is 0.0439. The van der Waals surface area contributed by atoms with Crippen LogP contribution in [0.15, 0.2) is 53.5 Å². The number of ether oxygens (including phenoxy) is 1. The molecule has 39 heavy (non-hydrogen) atoms. The van der Waals surface area contributed by atoms with Crippen molar-refractivity contribution in [1.82, 2.24) is 14.8 Å². The Morgan fingerprint density at radius 3 is 2.46 bits per heavy atom. The lowest BCUT2D eigenvalue weighted by atomic mass is 10.0. The van der Waals surface area contributed by atoms with Crippen LogP contribution in [0.2, 0.25) is 0 Å². The molecule has 0 aliphatic carbocycles. The van der Waals surface area contributed by atoms with E-state index in [-0.39, 0.29) is 31.3 Å². The van der Waals surface area contributed by atoms with E-state index in [4.69, 9.17) is 4.74 Å². The maximum Gasteiger partial charge on any atom is 0.274 e. The zero-order chi connectivity index (χ0) is 27.8. The molecule has 1 fully saturated rings. The van der Waals surface area contributed by atoms with E-state index < -0.39 is 70.3 Å². The third-order valence-electron chi connectivity index (χ3n) is 7.21. The Hall–Kier alpha value is -4.15. The van der Waals surface area contributed by atoms with Crippen molar-refractivity contribution in [3.63, 3.8) is 0 Å². The molecule has 3 aromatic rings. The second-order valence-electron chi connectivity index (χ2n) is 9.73. The number of fused-ring (bicyclic) bond motifs is 4. The second kappa shape index (κ2) is 10.5. The lowest BCUT2D eigenvalue weighted by Gasteiger charge is -2.38. The normalized spacial score (nSPS) is 20.3. The van der Waals surface area contributed by atoms with Crippen LogP contribution in [0, 0.1) is 17.5 Å². The quantitative estimate of drug-likeness (QED) is 0.471. The topological polar surface area (TPSA) is 80.6 Å². The molecule has 2 aromatic carbocycles. The van der Waals surface area contributed by atoms with Crippen LogP contribution < -0.4 is 15.5 Å². The van der Waals surface area contributed by atoms with Crippen LogP contribution in [0.4, 0.5) is 17.6 Å². The molecule has 2 aliphatic heterocycles. The van der Waals surface area contributed by atoms with Gasteiger partial charge < -0.3 is 19.5 Å². The first-order valence-electron chi connectivity index (χ1n) is 12.5. The Morgan fingerprint density at radius 1 is 1.08 bits per heavy atom. The van der Waals surface area contributed by atoms with E-state index >= 15 is 4.39 Å². The van der Waals surface area contributed by atoms with Gasteiger partial charge in [-0.15, -0.1) is 0 Å². The van der Waals surface area contributed by atoms with Crippen molar-refractivity contribution in [3.8, 4) is 5.75 Å². The number of nitrogens with one attached hydrogen (secondary N) is 1. The number of carbonyl (C=O) groups excluding carboxylic acids is 2. The van der Waals surface area contributed by atoms with Gasteiger partial charge in [-0.2, -0.15) is 0 Å². The van der Waals surface area contributed by atoms with Gasteiger partial charge in [-0.1, -0.05) is 30.3 Å². The predicted molar refractivity (Wildman–Crippen MR) is 133 cm³/mol. The Kier molecular flexibility index (Phi) is 7.16. The largest absolute Gasteiger partial charge is 0.483 e. The summed E-state index contributed by atoms with van der Waals surface area (Å²) in [4.78, 5) is 41.7. The van der Waals surface area contributed by atoms with Crippen molar-refractivity contribution < 1.29 is 31.9 Å². The molecule has 2 bridgehead atoms. The summed E-state index contributed by atoms with van der Waals surface area (Å²) in [7, 11) is 0. The number of alkyl halides is 1. The van der Waals surface area contributed by atoms with Gasteiger partial charge in [0, 0.05) is 43.0 Å². The smallest absolute Gasteiger partial charge is 0.274 e. The van der Waals surface area contributed by atoms with E-state index in [1.54, 1.807) is 37.3 Å².